The summed E-state index contributed by atoms with van der Waals surface area (Å²) in [6.45, 7) is 2.74. The van der Waals surface area contributed by atoms with Crippen molar-refractivity contribution in [1.82, 2.24) is 10.3 Å². The SMILES string of the molecule is CC(CCO)CNC(=O)c1cc2ccccc2[nH]1. The fourth-order valence-corrected chi connectivity index (χ4v) is 1.88. The van der Waals surface area contributed by atoms with Gasteiger partial charge in [0.05, 0.1) is 0 Å². The molecular weight excluding hydrogens is 228 g/mol. The summed E-state index contributed by atoms with van der Waals surface area (Å²) >= 11 is 0. The van der Waals surface area contributed by atoms with Crippen LogP contribution in [0.4, 0.5) is 0 Å². The summed E-state index contributed by atoms with van der Waals surface area (Å²) < 4.78 is 0. The van der Waals surface area contributed by atoms with Crippen molar-refractivity contribution < 1.29 is 9.90 Å². The van der Waals surface area contributed by atoms with Crippen LogP contribution in [-0.4, -0.2) is 29.1 Å². The van der Waals surface area contributed by atoms with Crippen LogP contribution in [0.5, 0.6) is 0 Å². The number of hydrogen-bond donors (Lipinski definition) is 3. The van der Waals surface area contributed by atoms with Crippen LogP contribution in [0, 0.1) is 5.92 Å². The van der Waals surface area contributed by atoms with Crippen molar-refractivity contribution in [2.24, 2.45) is 5.92 Å². The lowest BCUT2D eigenvalue weighted by Gasteiger charge is -2.10. The molecule has 0 spiro atoms. The van der Waals surface area contributed by atoms with Crippen molar-refractivity contribution in [3.05, 3.63) is 36.0 Å². The molecule has 1 unspecified atom stereocenters. The van der Waals surface area contributed by atoms with E-state index in [1.54, 1.807) is 0 Å². The first kappa shape index (κ1) is 12.6. The van der Waals surface area contributed by atoms with Gasteiger partial charge in [0.2, 0.25) is 0 Å². The molecule has 0 aliphatic rings. The van der Waals surface area contributed by atoms with E-state index in [4.69, 9.17) is 5.11 Å². The largest absolute Gasteiger partial charge is 0.396 e. The maximum absolute atomic E-state index is 11.9. The number of H-pyrrole nitrogens is 1. The summed E-state index contributed by atoms with van der Waals surface area (Å²) in [6.07, 6.45) is 0.701. The molecule has 1 aromatic carbocycles. The zero-order chi connectivity index (χ0) is 13.0. The van der Waals surface area contributed by atoms with Crippen LogP contribution in [0.1, 0.15) is 23.8 Å². The Balaban J connectivity index is 2.00. The van der Waals surface area contributed by atoms with E-state index >= 15 is 0 Å². The molecule has 0 radical (unpaired) electrons. The van der Waals surface area contributed by atoms with Gasteiger partial charge in [0.1, 0.15) is 5.69 Å². The van der Waals surface area contributed by atoms with Gasteiger partial charge in [-0.15, -0.1) is 0 Å². The van der Waals surface area contributed by atoms with Crippen LogP contribution in [-0.2, 0) is 0 Å². The molecule has 3 N–H and O–H groups in total. The van der Waals surface area contributed by atoms with Gasteiger partial charge < -0.3 is 15.4 Å². The number of nitrogens with one attached hydrogen (secondary N) is 2. The van der Waals surface area contributed by atoms with Crippen LogP contribution < -0.4 is 5.32 Å². The fraction of sp³-hybridized carbons (Fsp3) is 0.357. The predicted octanol–water partition coefficient (Wildman–Crippen LogP) is 1.92. The molecule has 1 heterocycles. The smallest absolute Gasteiger partial charge is 0.267 e. The Morgan fingerprint density at radius 2 is 2.22 bits per heavy atom. The number of aliphatic hydroxyl groups excluding tert-OH is 1. The highest BCUT2D eigenvalue weighted by atomic mass is 16.3. The van der Waals surface area contributed by atoms with Crippen molar-refractivity contribution in [3.63, 3.8) is 0 Å². The average molecular weight is 246 g/mol. The number of carbonyl (C=O) groups is 1. The van der Waals surface area contributed by atoms with Crippen molar-refractivity contribution in [2.45, 2.75) is 13.3 Å². The highest BCUT2D eigenvalue weighted by Gasteiger charge is 2.10. The lowest BCUT2D eigenvalue weighted by atomic mass is 10.1. The number of benzene rings is 1. The number of hydrogen-bond acceptors (Lipinski definition) is 2. The van der Waals surface area contributed by atoms with Crippen molar-refractivity contribution in [3.8, 4) is 0 Å². The van der Waals surface area contributed by atoms with Crippen LogP contribution in [0.3, 0.4) is 0 Å². The number of rotatable bonds is 5. The van der Waals surface area contributed by atoms with Crippen molar-refractivity contribution in [2.75, 3.05) is 13.2 Å². The Labute approximate surface area is 106 Å². The van der Waals surface area contributed by atoms with Gasteiger partial charge in [-0.1, -0.05) is 25.1 Å². The molecule has 2 rings (SSSR count). The first-order chi connectivity index (χ1) is 8.70. The third kappa shape index (κ3) is 2.90. The molecule has 4 nitrogen and oxygen atoms in total. The monoisotopic (exact) mass is 246 g/mol. The normalized spacial score (nSPS) is 12.6. The minimum Gasteiger partial charge on any atom is -0.396 e. The standard InChI is InChI=1S/C14H18N2O2/c1-10(6-7-17)9-15-14(18)13-8-11-4-2-3-5-12(11)16-13/h2-5,8,10,16-17H,6-7,9H2,1H3,(H,15,18). The van der Waals surface area contributed by atoms with Gasteiger partial charge in [-0.3, -0.25) is 4.79 Å². The summed E-state index contributed by atoms with van der Waals surface area (Å²) in [5.41, 5.74) is 1.54. The predicted molar refractivity (Wildman–Crippen MR) is 71.5 cm³/mol. The summed E-state index contributed by atoms with van der Waals surface area (Å²) in [4.78, 5) is 15.0. The van der Waals surface area contributed by atoms with Gasteiger partial charge in [0.15, 0.2) is 0 Å². The minimum absolute atomic E-state index is 0.101. The Bertz CT molecular complexity index is 500. The number of aromatic amines is 1. The maximum Gasteiger partial charge on any atom is 0.267 e. The molecule has 1 amide bonds. The third-order valence-electron chi connectivity index (χ3n) is 3.01. The number of carbonyl (C=O) groups excluding carboxylic acids is 1. The van der Waals surface area contributed by atoms with E-state index in [-0.39, 0.29) is 18.4 Å². The maximum atomic E-state index is 11.9. The Hall–Kier alpha value is -1.81. The minimum atomic E-state index is -0.101. The van der Waals surface area contributed by atoms with Gasteiger partial charge in [0, 0.05) is 24.1 Å². The molecule has 18 heavy (non-hydrogen) atoms. The highest BCUT2D eigenvalue weighted by molar-refractivity contribution is 5.97. The number of amides is 1. The van der Waals surface area contributed by atoms with Gasteiger partial charge in [0.25, 0.3) is 5.91 Å². The van der Waals surface area contributed by atoms with Crippen LogP contribution >= 0.6 is 0 Å². The lowest BCUT2D eigenvalue weighted by molar-refractivity contribution is 0.0941. The molecule has 4 heteroatoms. The van der Waals surface area contributed by atoms with E-state index in [2.05, 4.69) is 10.3 Å². The quantitative estimate of drug-likeness (QED) is 0.754. The van der Waals surface area contributed by atoms with Crippen LogP contribution in [0.2, 0.25) is 0 Å². The number of aliphatic hydroxyl groups is 1. The zero-order valence-corrected chi connectivity index (χ0v) is 10.4. The Kier molecular flexibility index (Phi) is 3.99. The average Bonchev–Trinajstić information content (AvgIpc) is 2.80. The molecule has 2 aromatic rings. The topological polar surface area (TPSA) is 65.1 Å². The third-order valence-corrected chi connectivity index (χ3v) is 3.01. The molecule has 0 fully saturated rings. The summed E-state index contributed by atoms with van der Waals surface area (Å²) in [5.74, 6) is 0.180. The lowest BCUT2D eigenvalue weighted by Crippen LogP contribution is -2.28. The van der Waals surface area contributed by atoms with Crippen LogP contribution in [0.15, 0.2) is 30.3 Å². The second-order valence-corrected chi connectivity index (χ2v) is 4.60. The molecule has 1 aromatic heterocycles. The highest BCUT2D eigenvalue weighted by Crippen LogP contribution is 2.14. The summed E-state index contributed by atoms with van der Waals surface area (Å²) in [6, 6.07) is 9.64. The van der Waals surface area contributed by atoms with E-state index < -0.39 is 0 Å². The second-order valence-electron chi connectivity index (χ2n) is 4.60. The Morgan fingerprint density at radius 3 is 2.94 bits per heavy atom. The second kappa shape index (κ2) is 5.69. The molecule has 1 atom stereocenters. The van der Waals surface area contributed by atoms with E-state index in [0.29, 0.717) is 18.7 Å². The first-order valence-electron chi connectivity index (χ1n) is 6.17. The number of para-hydroxylation sites is 1. The number of aromatic nitrogens is 1. The summed E-state index contributed by atoms with van der Waals surface area (Å²) in [5, 5.41) is 12.7. The van der Waals surface area contributed by atoms with Gasteiger partial charge in [-0.05, 0) is 24.5 Å². The molecule has 0 aliphatic heterocycles. The van der Waals surface area contributed by atoms with Gasteiger partial charge >= 0.3 is 0 Å². The number of fused-ring (bicyclic) bond motifs is 1. The molecule has 96 valence electrons. The Morgan fingerprint density at radius 1 is 1.44 bits per heavy atom. The molecular formula is C14H18N2O2. The van der Waals surface area contributed by atoms with Gasteiger partial charge in [-0.2, -0.15) is 0 Å². The van der Waals surface area contributed by atoms with E-state index in [9.17, 15) is 4.79 Å². The zero-order valence-electron chi connectivity index (χ0n) is 10.4. The van der Waals surface area contributed by atoms with Gasteiger partial charge in [-0.25, -0.2) is 0 Å². The first-order valence-corrected chi connectivity index (χ1v) is 6.17. The van der Waals surface area contributed by atoms with E-state index in [0.717, 1.165) is 10.9 Å². The van der Waals surface area contributed by atoms with E-state index in [1.807, 2.05) is 37.3 Å². The van der Waals surface area contributed by atoms with Crippen molar-refractivity contribution in [1.29, 1.82) is 0 Å². The molecule has 0 saturated heterocycles. The van der Waals surface area contributed by atoms with Crippen LogP contribution in [0.25, 0.3) is 10.9 Å². The fourth-order valence-electron chi connectivity index (χ4n) is 1.88. The molecule has 0 bridgehead atoms. The summed E-state index contributed by atoms with van der Waals surface area (Å²) in [7, 11) is 0. The molecule has 0 saturated carbocycles. The van der Waals surface area contributed by atoms with Crippen molar-refractivity contribution >= 4 is 16.8 Å². The molecule has 0 aliphatic carbocycles. The van der Waals surface area contributed by atoms with E-state index in [1.165, 1.54) is 0 Å².